The smallest absolute Gasteiger partial charge is 0.137 e. The Morgan fingerprint density at radius 2 is 1.94 bits per heavy atom. The molecule has 2 rings (SSSR count). The van der Waals surface area contributed by atoms with E-state index in [1.807, 2.05) is 18.2 Å². The van der Waals surface area contributed by atoms with E-state index < -0.39 is 0 Å². The van der Waals surface area contributed by atoms with E-state index >= 15 is 0 Å². The number of aromatic hydroxyl groups is 1. The van der Waals surface area contributed by atoms with Gasteiger partial charge in [0.2, 0.25) is 0 Å². The van der Waals surface area contributed by atoms with Crippen LogP contribution >= 0.6 is 0 Å². The van der Waals surface area contributed by atoms with E-state index in [1.54, 1.807) is 12.1 Å². The summed E-state index contributed by atoms with van der Waals surface area (Å²) in [7, 11) is 0. The van der Waals surface area contributed by atoms with Gasteiger partial charge in [0.1, 0.15) is 17.2 Å². The fraction of sp³-hybridized carbons (Fsp3) is 0.357. The third-order valence-electron chi connectivity index (χ3n) is 2.75. The predicted octanol–water partition coefficient (Wildman–Crippen LogP) is 3.78. The summed E-state index contributed by atoms with van der Waals surface area (Å²) in [4.78, 5) is 0. The number of phenolic OH excluding ortho intramolecular Hbond substituents is 1. The Bertz CT molecular complexity index is 459. The fourth-order valence-corrected chi connectivity index (χ4v) is 1.75. The monoisotopic (exact) mass is 231 g/mol. The maximum absolute atomic E-state index is 9.21. The normalized spacial score (nSPS) is 10.6. The molecule has 1 aromatic carbocycles. The number of unbranched alkanes of at least 4 members (excludes halogenated alkanes) is 2. The van der Waals surface area contributed by atoms with Crippen molar-refractivity contribution in [3.8, 4) is 17.0 Å². The minimum absolute atomic E-state index is 0.264. The molecule has 1 N–H and O–H groups in total. The molecule has 0 bridgehead atoms. The molecule has 17 heavy (non-hydrogen) atoms. The number of hydrogen-bond donors (Lipinski definition) is 1. The Morgan fingerprint density at radius 1 is 1.18 bits per heavy atom. The van der Waals surface area contributed by atoms with E-state index in [0.717, 1.165) is 29.9 Å². The molecule has 0 radical (unpaired) electrons. The predicted molar refractivity (Wildman–Crippen MR) is 66.8 cm³/mol. The molecule has 3 heteroatoms. The van der Waals surface area contributed by atoms with E-state index in [1.165, 1.54) is 12.8 Å². The lowest BCUT2D eigenvalue weighted by molar-refractivity contribution is 0.381. The molecule has 0 aliphatic rings. The fourth-order valence-electron chi connectivity index (χ4n) is 1.75. The Balaban J connectivity index is 2.04. The summed E-state index contributed by atoms with van der Waals surface area (Å²) in [5.74, 6) is 1.20. The molecule has 0 aliphatic heterocycles. The molecule has 0 amide bonds. The minimum Gasteiger partial charge on any atom is -0.508 e. The Hall–Kier alpha value is -1.77. The van der Waals surface area contributed by atoms with Crippen molar-refractivity contribution in [1.29, 1.82) is 0 Å². The zero-order valence-electron chi connectivity index (χ0n) is 10.0. The van der Waals surface area contributed by atoms with Gasteiger partial charge in [-0.3, -0.25) is 0 Å². The van der Waals surface area contributed by atoms with E-state index in [9.17, 15) is 5.11 Å². The summed E-state index contributed by atoms with van der Waals surface area (Å²) >= 11 is 0. The highest BCUT2D eigenvalue weighted by molar-refractivity contribution is 5.59. The van der Waals surface area contributed by atoms with Crippen molar-refractivity contribution in [1.82, 2.24) is 5.16 Å². The number of nitrogens with zero attached hydrogens (tertiary/aromatic N) is 1. The highest BCUT2D eigenvalue weighted by atomic mass is 16.5. The van der Waals surface area contributed by atoms with Crippen LogP contribution in [0.4, 0.5) is 0 Å². The topological polar surface area (TPSA) is 46.3 Å². The van der Waals surface area contributed by atoms with Crippen molar-refractivity contribution in [3.05, 3.63) is 36.1 Å². The van der Waals surface area contributed by atoms with Crippen LogP contribution in [0.15, 0.2) is 34.9 Å². The number of phenols is 1. The molecule has 0 aliphatic carbocycles. The quantitative estimate of drug-likeness (QED) is 0.796. The molecular weight excluding hydrogens is 214 g/mol. The Morgan fingerprint density at radius 3 is 2.65 bits per heavy atom. The lowest BCUT2D eigenvalue weighted by atomic mass is 10.1. The van der Waals surface area contributed by atoms with Crippen molar-refractivity contribution in [2.45, 2.75) is 32.6 Å². The summed E-state index contributed by atoms with van der Waals surface area (Å²) in [5.41, 5.74) is 1.80. The van der Waals surface area contributed by atoms with Gasteiger partial charge in [-0.1, -0.05) is 24.9 Å². The van der Waals surface area contributed by atoms with Gasteiger partial charge in [0.05, 0.1) is 0 Å². The van der Waals surface area contributed by atoms with Crippen LogP contribution < -0.4 is 0 Å². The van der Waals surface area contributed by atoms with Gasteiger partial charge in [0, 0.05) is 18.1 Å². The summed E-state index contributed by atoms with van der Waals surface area (Å²) in [5, 5.41) is 13.2. The van der Waals surface area contributed by atoms with E-state index in [2.05, 4.69) is 12.1 Å². The summed E-state index contributed by atoms with van der Waals surface area (Å²) in [6, 6.07) is 8.95. The SMILES string of the molecule is CCCCCc1cc(-c2ccc(O)cc2)no1. The summed E-state index contributed by atoms with van der Waals surface area (Å²) in [6.45, 7) is 2.18. The van der Waals surface area contributed by atoms with Crippen molar-refractivity contribution >= 4 is 0 Å². The van der Waals surface area contributed by atoms with Gasteiger partial charge < -0.3 is 9.63 Å². The zero-order chi connectivity index (χ0) is 12.1. The lowest BCUT2D eigenvalue weighted by Gasteiger charge is -1.94. The first-order valence-electron chi connectivity index (χ1n) is 6.04. The third-order valence-corrected chi connectivity index (χ3v) is 2.75. The van der Waals surface area contributed by atoms with Gasteiger partial charge in [-0.2, -0.15) is 0 Å². The minimum atomic E-state index is 0.264. The molecule has 0 fully saturated rings. The second-order valence-electron chi connectivity index (χ2n) is 4.18. The lowest BCUT2D eigenvalue weighted by Crippen LogP contribution is -1.81. The molecule has 2 aromatic rings. The molecule has 90 valence electrons. The summed E-state index contributed by atoms with van der Waals surface area (Å²) < 4.78 is 5.28. The second kappa shape index (κ2) is 5.53. The highest BCUT2D eigenvalue weighted by Crippen LogP contribution is 2.22. The third kappa shape index (κ3) is 3.09. The molecule has 0 unspecified atom stereocenters. The molecule has 3 nitrogen and oxygen atoms in total. The largest absolute Gasteiger partial charge is 0.508 e. The number of aryl methyl sites for hydroxylation is 1. The zero-order valence-corrected chi connectivity index (χ0v) is 10.0. The Kier molecular flexibility index (Phi) is 3.81. The number of hydrogen-bond acceptors (Lipinski definition) is 3. The van der Waals surface area contributed by atoms with Crippen LogP contribution in [0, 0.1) is 0 Å². The maximum atomic E-state index is 9.21. The van der Waals surface area contributed by atoms with Gasteiger partial charge in [0.15, 0.2) is 0 Å². The van der Waals surface area contributed by atoms with Gasteiger partial charge >= 0.3 is 0 Å². The van der Waals surface area contributed by atoms with Gasteiger partial charge in [-0.25, -0.2) is 0 Å². The van der Waals surface area contributed by atoms with Crippen LogP contribution in [0.1, 0.15) is 31.9 Å². The molecule has 0 spiro atoms. The van der Waals surface area contributed by atoms with E-state index in [-0.39, 0.29) is 5.75 Å². The van der Waals surface area contributed by atoms with Gasteiger partial charge in [-0.15, -0.1) is 0 Å². The number of aromatic nitrogens is 1. The second-order valence-corrected chi connectivity index (χ2v) is 4.18. The van der Waals surface area contributed by atoms with Crippen molar-refractivity contribution in [3.63, 3.8) is 0 Å². The van der Waals surface area contributed by atoms with Gasteiger partial charge in [-0.05, 0) is 30.7 Å². The molecule has 1 heterocycles. The molecule has 0 saturated heterocycles. The molecule has 0 atom stereocenters. The molecule has 1 aromatic heterocycles. The summed E-state index contributed by atoms with van der Waals surface area (Å²) in [6.07, 6.45) is 4.51. The molecule has 0 saturated carbocycles. The first kappa shape index (κ1) is 11.7. The number of benzene rings is 1. The average molecular weight is 231 g/mol. The van der Waals surface area contributed by atoms with Crippen LogP contribution in [0.5, 0.6) is 5.75 Å². The standard InChI is InChI=1S/C14H17NO2/c1-2-3-4-5-13-10-14(15-17-13)11-6-8-12(16)9-7-11/h6-10,16H,2-5H2,1H3. The number of rotatable bonds is 5. The van der Waals surface area contributed by atoms with Crippen molar-refractivity contribution in [2.75, 3.05) is 0 Å². The van der Waals surface area contributed by atoms with Crippen LogP contribution in [0.25, 0.3) is 11.3 Å². The molecular formula is C14H17NO2. The van der Waals surface area contributed by atoms with Crippen molar-refractivity contribution in [2.24, 2.45) is 0 Å². The van der Waals surface area contributed by atoms with Crippen molar-refractivity contribution < 1.29 is 9.63 Å². The van der Waals surface area contributed by atoms with Gasteiger partial charge in [0.25, 0.3) is 0 Å². The average Bonchev–Trinajstić information content (AvgIpc) is 2.79. The van der Waals surface area contributed by atoms with Crippen LogP contribution in [-0.2, 0) is 6.42 Å². The van der Waals surface area contributed by atoms with E-state index in [4.69, 9.17) is 4.52 Å². The maximum Gasteiger partial charge on any atom is 0.137 e. The first-order valence-corrected chi connectivity index (χ1v) is 6.04. The van der Waals surface area contributed by atoms with E-state index in [0.29, 0.717) is 0 Å². The van der Waals surface area contributed by atoms with Crippen LogP contribution in [-0.4, -0.2) is 10.3 Å². The highest BCUT2D eigenvalue weighted by Gasteiger charge is 2.06. The van der Waals surface area contributed by atoms with Crippen LogP contribution in [0.2, 0.25) is 0 Å². The Labute approximate surface area is 101 Å². The van der Waals surface area contributed by atoms with Crippen LogP contribution in [0.3, 0.4) is 0 Å². The first-order chi connectivity index (χ1) is 8.29.